The minimum absolute atomic E-state index is 0.0352. The maximum atomic E-state index is 5.04. The first-order valence-electron chi connectivity index (χ1n) is 8.45. The van der Waals surface area contributed by atoms with Crippen molar-refractivity contribution in [2.24, 2.45) is 0 Å². The van der Waals surface area contributed by atoms with E-state index in [1.165, 1.54) is 22.5 Å². The summed E-state index contributed by atoms with van der Waals surface area (Å²) in [6.07, 6.45) is 1.13. The van der Waals surface area contributed by atoms with Crippen LogP contribution in [0.1, 0.15) is 78.2 Å². The van der Waals surface area contributed by atoms with E-state index in [0.29, 0.717) is 12.0 Å². The average molecular weight is 298 g/mol. The fourth-order valence-electron chi connectivity index (χ4n) is 2.92. The first-order valence-corrected chi connectivity index (χ1v) is 8.45. The molecule has 0 amide bonds. The first kappa shape index (κ1) is 16.8. The minimum atomic E-state index is 0.0352. The maximum Gasteiger partial charge on any atom is 0.0759 e. The van der Waals surface area contributed by atoms with Crippen LogP contribution in [-0.4, -0.2) is 9.78 Å². The second kappa shape index (κ2) is 6.28. The van der Waals surface area contributed by atoms with Crippen molar-refractivity contribution in [1.82, 2.24) is 9.78 Å². The van der Waals surface area contributed by atoms with Crippen molar-refractivity contribution in [1.29, 1.82) is 0 Å². The summed E-state index contributed by atoms with van der Waals surface area (Å²) in [5.41, 5.74) is 5.26. The number of rotatable bonds is 4. The Balaban J connectivity index is 2.81. The molecule has 0 aliphatic heterocycles. The molecule has 1 aromatic carbocycles. The van der Waals surface area contributed by atoms with Gasteiger partial charge in [0.25, 0.3) is 0 Å². The van der Waals surface area contributed by atoms with E-state index >= 15 is 0 Å². The standard InChI is InChI=1S/C20H30N2/c1-8-15(4)18-17(16-12-10-9-11-13-16)19(20(5,6)7)21-22(18)14(2)3/h9-15H,8H2,1-7H3. The Morgan fingerprint density at radius 3 is 2.09 bits per heavy atom. The zero-order valence-corrected chi connectivity index (χ0v) is 15.1. The number of hydrogen-bond acceptors (Lipinski definition) is 1. The van der Waals surface area contributed by atoms with Gasteiger partial charge in [-0.15, -0.1) is 0 Å². The zero-order chi connectivity index (χ0) is 16.5. The Morgan fingerprint density at radius 1 is 1.05 bits per heavy atom. The molecular weight excluding hydrogens is 268 g/mol. The normalized spacial score (nSPS) is 13.6. The molecule has 22 heavy (non-hydrogen) atoms. The van der Waals surface area contributed by atoms with Crippen LogP contribution >= 0.6 is 0 Å². The molecule has 0 aliphatic rings. The summed E-state index contributed by atoms with van der Waals surface area (Å²) in [5.74, 6) is 0.501. The Kier molecular flexibility index (Phi) is 4.79. The van der Waals surface area contributed by atoms with Gasteiger partial charge in [0.1, 0.15) is 0 Å². The van der Waals surface area contributed by atoms with Crippen molar-refractivity contribution in [2.75, 3.05) is 0 Å². The maximum absolute atomic E-state index is 5.04. The molecule has 120 valence electrons. The molecule has 0 aliphatic carbocycles. The Hall–Kier alpha value is -1.57. The molecule has 2 heteroatoms. The average Bonchev–Trinajstić information content (AvgIpc) is 2.88. The van der Waals surface area contributed by atoms with Crippen molar-refractivity contribution in [3.8, 4) is 11.1 Å². The van der Waals surface area contributed by atoms with E-state index in [9.17, 15) is 0 Å². The van der Waals surface area contributed by atoms with Gasteiger partial charge < -0.3 is 0 Å². The van der Waals surface area contributed by atoms with Gasteiger partial charge >= 0.3 is 0 Å². The van der Waals surface area contributed by atoms with Crippen LogP contribution in [0.2, 0.25) is 0 Å². The topological polar surface area (TPSA) is 17.8 Å². The highest BCUT2D eigenvalue weighted by atomic mass is 15.3. The monoisotopic (exact) mass is 298 g/mol. The van der Waals surface area contributed by atoms with Gasteiger partial charge in [-0.2, -0.15) is 5.10 Å². The first-order chi connectivity index (χ1) is 10.3. The van der Waals surface area contributed by atoms with E-state index in [4.69, 9.17) is 5.10 Å². The molecule has 1 heterocycles. The molecule has 0 saturated carbocycles. The lowest BCUT2D eigenvalue weighted by Crippen LogP contribution is -2.14. The van der Waals surface area contributed by atoms with E-state index < -0.39 is 0 Å². The predicted octanol–water partition coefficient (Wildman–Crippen LogP) is 5.94. The van der Waals surface area contributed by atoms with Gasteiger partial charge in [0.15, 0.2) is 0 Å². The van der Waals surface area contributed by atoms with Crippen LogP contribution in [0.5, 0.6) is 0 Å². The highest BCUT2D eigenvalue weighted by molar-refractivity contribution is 5.70. The van der Waals surface area contributed by atoms with Crippen molar-refractivity contribution in [2.45, 2.75) is 72.3 Å². The van der Waals surface area contributed by atoms with E-state index in [1.54, 1.807) is 0 Å². The molecule has 1 aromatic heterocycles. The summed E-state index contributed by atoms with van der Waals surface area (Å²) < 4.78 is 2.25. The molecule has 1 unspecified atom stereocenters. The van der Waals surface area contributed by atoms with Crippen LogP contribution in [0.25, 0.3) is 11.1 Å². The van der Waals surface area contributed by atoms with Gasteiger partial charge in [-0.1, -0.05) is 65.0 Å². The van der Waals surface area contributed by atoms with Gasteiger partial charge in [0.2, 0.25) is 0 Å². The molecule has 0 radical (unpaired) electrons. The zero-order valence-electron chi connectivity index (χ0n) is 15.1. The van der Waals surface area contributed by atoms with E-state index in [2.05, 4.69) is 83.5 Å². The highest BCUT2D eigenvalue weighted by Crippen LogP contribution is 2.40. The van der Waals surface area contributed by atoms with Gasteiger partial charge in [-0.05, 0) is 31.7 Å². The van der Waals surface area contributed by atoms with Crippen LogP contribution in [-0.2, 0) is 5.41 Å². The van der Waals surface area contributed by atoms with E-state index in [-0.39, 0.29) is 5.41 Å². The highest BCUT2D eigenvalue weighted by Gasteiger charge is 2.29. The third-order valence-electron chi connectivity index (χ3n) is 4.29. The largest absolute Gasteiger partial charge is 0.266 e. The summed E-state index contributed by atoms with van der Waals surface area (Å²) in [6, 6.07) is 11.1. The quantitative estimate of drug-likeness (QED) is 0.682. The van der Waals surface area contributed by atoms with Gasteiger partial charge in [0.05, 0.1) is 5.69 Å². The van der Waals surface area contributed by atoms with Gasteiger partial charge in [0, 0.05) is 22.7 Å². The number of nitrogens with zero attached hydrogens (tertiary/aromatic N) is 2. The second-order valence-electron chi connectivity index (χ2n) is 7.57. The molecule has 0 bridgehead atoms. The summed E-state index contributed by atoms with van der Waals surface area (Å²) in [5, 5.41) is 5.04. The summed E-state index contributed by atoms with van der Waals surface area (Å²) in [6.45, 7) is 15.8. The summed E-state index contributed by atoms with van der Waals surface area (Å²) >= 11 is 0. The Bertz CT molecular complexity index is 615. The molecule has 0 N–H and O–H groups in total. The van der Waals surface area contributed by atoms with Crippen molar-refractivity contribution in [3.05, 3.63) is 41.7 Å². The summed E-state index contributed by atoms with van der Waals surface area (Å²) in [4.78, 5) is 0. The molecular formula is C20H30N2. The minimum Gasteiger partial charge on any atom is -0.266 e. The number of benzene rings is 1. The van der Waals surface area contributed by atoms with Gasteiger partial charge in [-0.25, -0.2) is 0 Å². The molecule has 1 atom stereocenters. The third-order valence-corrected chi connectivity index (χ3v) is 4.29. The predicted molar refractivity (Wildman–Crippen MR) is 95.5 cm³/mol. The fraction of sp³-hybridized carbons (Fsp3) is 0.550. The third kappa shape index (κ3) is 3.11. The van der Waals surface area contributed by atoms with Crippen LogP contribution in [0, 0.1) is 0 Å². The second-order valence-corrected chi connectivity index (χ2v) is 7.57. The molecule has 2 aromatic rings. The SMILES string of the molecule is CCC(C)c1c(-c2ccccc2)c(C(C)(C)C)nn1C(C)C. The van der Waals surface area contributed by atoms with Crippen LogP contribution in [0.4, 0.5) is 0 Å². The fourth-order valence-corrected chi connectivity index (χ4v) is 2.92. The van der Waals surface area contributed by atoms with Crippen molar-refractivity contribution in [3.63, 3.8) is 0 Å². The molecule has 0 fully saturated rings. The van der Waals surface area contributed by atoms with Crippen LogP contribution < -0.4 is 0 Å². The van der Waals surface area contributed by atoms with Crippen LogP contribution in [0.15, 0.2) is 30.3 Å². The van der Waals surface area contributed by atoms with Crippen LogP contribution in [0.3, 0.4) is 0 Å². The molecule has 2 rings (SSSR count). The number of hydrogen-bond donors (Lipinski definition) is 0. The molecule has 0 saturated heterocycles. The van der Waals surface area contributed by atoms with Crippen molar-refractivity contribution >= 4 is 0 Å². The lowest BCUT2D eigenvalue weighted by atomic mass is 9.84. The molecule has 2 nitrogen and oxygen atoms in total. The summed E-state index contributed by atoms with van der Waals surface area (Å²) in [7, 11) is 0. The molecule has 0 spiro atoms. The van der Waals surface area contributed by atoms with Gasteiger partial charge in [-0.3, -0.25) is 4.68 Å². The Labute approximate surface area is 135 Å². The van der Waals surface area contributed by atoms with Crippen molar-refractivity contribution < 1.29 is 0 Å². The number of aromatic nitrogens is 2. The van der Waals surface area contributed by atoms with E-state index in [1.807, 2.05) is 0 Å². The lowest BCUT2D eigenvalue weighted by Gasteiger charge is -2.19. The van der Waals surface area contributed by atoms with E-state index in [0.717, 1.165) is 6.42 Å². The Morgan fingerprint density at radius 2 is 1.64 bits per heavy atom. The smallest absolute Gasteiger partial charge is 0.0759 e. The lowest BCUT2D eigenvalue weighted by molar-refractivity contribution is 0.468.